The first kappa shape index (κ1) is 17.3. The summed E-state index contributed by atoms with van der Waals surface area (Å²) in [6.07, 6.45) is 4.67. The average Bonchev–Trinajstić information content (AvgIpc) is 2.89. The maximum atomic E-state index is 12.4. The number of nitrogens with one attached hydrogen (secondary N) is 2. The molecule has 1 aromatic heterocycles. The van der Waals surface area contributed by atoms with Crippen LogP contribution < -0.4 is 5.32 Å². The first-order valence-corrected chi connectivity index (χ1v) is 9.24. The van der Waals surface area contributed by atoms with Crippen molar-refractivity contribution in [3.8, 4) is 0 Å². The number of carbonyl (C=O) groups is 1. The number of imidazole rings is 1. The van der Waals surface area contributed by atoms with Gasteiger partial charge in [-0.2, -0.15) is 0 Å². The van der Waals surface area contributed by atoms with Crippen LogP contribution in [0.1, 0.15) is 58.7 Å². The third-order valence-electron chi connectivity index (χ3n) is 4.34. The standard InChI is InChI=1S/C18H24BrN3O2/c1-17(2,3)24-16(23)22-18(9-5-4-6-10-18)15-20-13-8-7-12(19)11-14(13)21-15/h7-8,11H,4-6,9-10H2,1-3H3,(H,20,21)(H,22,23). The Kier molecular flexibility index (Phi) is 4.60. The zero-order valence-electron chi connectivity index (χ0n) is 14.4. The predicted molar refractivity (Wildman–Crippen MR) is 97.9 cm³/mol. The Balaban J connectivity index is 1.93. The van der Waals surface area contributed by atoms with Gasteiger partial charge in [-0.25, -0.2) is 9.78 Å². The quantitative estimate of drug-likeness (QED) is 0.753. The second-order valence-electron chi connectivity index (χ2n) is 7.52. The minimum Gasteiger partial charge on any atom is -0.444 e. The number of hydrogen-bond donors (Lipinski definition) is 2. The molecule has 2 N–H and O–H groups in total. The lowest BCUT2D eigenvalue weighted by atomic mass is 9.81. The predicted octanol–water partition coefficient (Wildman–Crippen LogP) is 5.01. The van der Waals surface area contributed by atoms with Crippen molar-refractivity contribution in [2.24, 2.45) is 0 Å². The number of nitrogens with zero attached hydrogens (tertiary/aromatic N) is 1. The summed E-state index contributed by atoms with van der Waals surface area (Å²) in [6, 6.07) is 5.96. The Hall–Kier alpha value is -1.56. The highest BCUT2D eigenvalue weighted by molar-refractivity contribution is 9.10. The highest BCUT2D eigenvalue weighted by atomic mass is 79.9. The van der Waals surface area contributed by atoms with Crippen LogP contribution in [-0.2, 0) is 10.3 Å². The Morgan fingerprint density at radius 3 is 2.67 bits per heavy atom. The van der Waals surface area contributed by atoms with Gasteiger partial charge in [0.1, 0.15) is 17.0 Å². The number of ether oxygens (including phenoxy) is 1. The van der Waals surface area contributed by atoms with E-state index < -0.39 is 11.1 Å². The molecule has 1 heterocycles. The summed E-state index contributed by atoms with van der Waals surface area (Å²) in [6.45, 7) is 5.62. The van der Waals surface area contributed by atoms with Gasteiger partial charge in [-0.05, 0) is 51.8 Å². The van der Waals surface area contributed by atoms with Crippen LogP contribution in [-0.4, -0.2) is 21.7 Å². The highest BCUT2D eigenvalue weighted by Crippen LogP contribution is 2.37. The molecule has 24 heavy (non-hydrogen) atoms. The smallest absolute Gasteiger partial charge is 0.408 e. The second kappa shape index (κ2) is 6.39. The van der Waals surface area contributed by atoms with Crippen LogP contribution in [0.15, 0.2) is 22.7 Å². The molecule has 5 nitrogen and oxygen atoms in total. The van der Waals surface area contributed by atoms with Gasteiger partial charge in [0, 0.05) is 4.47 Å². The third-order valence-corrected chi connectivity index (χ3v) is 4.84. The van der Waals surface area contributed by atoms with E-state index in [0.717, 1.165) is 47.0 Å². The van der Waals surface area contributed by atoms with Crippen molar-refractivity contribution in [2.45, 2.75) is 64.0 Å². The minimum atomic E-state index is -0.515. The van der Waals surface area contributed by atoms with Crippen molar-refractivity contribution in [1.29, 1.82) is 0 Å². The van der Waals surface area contributed by atoms with E-state index in [0.29, 0.717) is 0 Å². The lowest BCUT2D eigenvalue weighted by Crippen LogP contribution is -2.49. The van der Waals surface area contributed by atoms with Crippen molar-refractivity contribution in [2.75, 3.05) is 0 Å². The van der Waals surface area contributed by atoms with E-state index in [9.17, 15) is 4.79 Å². The van der Waals surface area contributed by atoms with Crippen LogP contribution >= 0.6 is 15.9 Å². The molecule has 1 aliphatic rings. The summed E-state index contributed by atoms with van der Waals surface area (Å²) < 4.78 is 6.48. The third kappa shape index (κ3) is 3.74. The van der Waals surface area contributed by atoms with Crippen molar-refractivity contribution in [3.63, 3.8) is 0 Å². The van der Waals surface area contributed by atoms with Gasteiger partial charge in [-0.15, -0.1) is 0 Å². The molecule has 2 aromatic rings. The first-order valence-electron chi connectivity index (χ1n) is 8.44. The van der Waals surface area contributed by atoms with E-state index in [1.54, 1.807) is 0 Å². The number of hydrogen-bond acceptors (Lipinski definition) is 3. The lowest BCUT2D eigenvalue weighted by Gasteiger charge is -2.36. The molecule has 0 bridgehead atoms. The largest absolute Gasteiger partial charge is 0.444 e. The molecule has 130 valence electrons. The molecule has 1 saturated carbocycles. The maximum absolute atomic E-state index is 12.4. The van der Waals surface area contributed by atoms with E-state index in [-0.39, 0.29) is 6.09 Å². The van der Waals surface area contributed by atoms with Crippen molar-refractivity contribution >= 4 is 33.1 Å². The molecule has 0 radical (unpaired) electrons. The van der Waals surface area contributed by atoms with Crippen molar-refractivity contribution in [1.82, 2.24) is 15.3 Å². The summed E-state index contributed by atoms with van der Waals surface area (Å²) >= 11 is 3.49. The molecule has 1 fully saturated rings. The fourth-order valence-corrected chi connectivity index (χ4v) is 3.64. The molecule has 1 aliphatic carbocycles. The molecule has 0 atom stereocenters. The maximum Gasteiger partial charge on any atom is 0.408 e. The summed E-state index contributed by atoms with van der Waals surface area (Å²) in [5.74, 6) is 0.821. The zero-order valence-corrected chi connectivity index (χ0v) is 16.0. The van der Waals surface area contributed by atoms with E-state index >= 15 is 0 Å². The van der Waals surface area contributed by atoms with E-state index in [4.69, 9.17) is 9.72 Å². The fraction of sp³-hybridized carbons (Fsp3) is 0.556. The Morgan fingerprint density at radius 2 is 2.00 bits per heavy atom. The van der Waals surface area contributed by atoms with Crippen LogP contribution in [0.2, 0.25) is 0 Å². The van der Waals surface area contributed by atoms with Crippen molar-refractivity contribution in [3.05, 3.63) is 28.5 Å². The summed E-state index contributed by atoms with van der Waals surface area (Å²) in [5.41, 5.74) is 0.879. The van der Waals surface area contributed by atoms with Gasteiger partial charge in [0.25, 0.3) is 0 Å². The van der Waals surface area contributed by atoms with Gasteiger partial charge in [-0.3, -0.25) is 0 Å². The molecule has 1 aromatic carbocycles. The number of rotatable bonds is 2. The Bertz CT molecular complexity index is 742. The lowest BCUT2D eigenvalue weighted by molar-refractivity contribution is 0.0413. The van der Waals surface area contributed by atoms with E-state index in [2.05, 4.69) is 26.2 Å². The fourth-order valence-electron chi connectivity index (χ4n) is 3.28. The van der Waals surface area contributed by atoms with Gasteiger partial charge < -0.3 is 15.0 Å². The number of aromatic nitrogens is 2. The molecule has 1 amide bonds. The van der Waals surface area contributed by atoms with Gasteiger partial charge in [-0.1, -0.05) is 35.2 Å². The number of fused-ring (bicyclic) bond motifs is 1. The SMILES string of the molecule is CC(C)(C)OC(=O)NC1(c2nc3ccc(Br)cc3[nH]2)CCCCC1. The number of aromatic amines is 1. The average molecular weight is 394 g/mol. The summed E-state index contributed by atoms with van der Waals surface area (Å²) in [5, 5.41) is 3.11. The summed E-state index contributed by atoms with van der Waals surface area (Å²) in [4.78, 5) is 20.5. The van der Waals surface area contributed by atoms with Crippen LogP contribution in [0.4, 0.5) is 4.79 Å². The van der Waals surface area contributed by atoms with E-state index in [1.807, 2.05) is 39.0 Å². The van der Waals surface area contributed by atoms with E-state index in [1.165, 1.54) is 6.42 Å². The topological polar surface area (TPSA) is 67.0 Å². The summed E-state index contributed by atoms with van der Waals surface area (Å²) in [7, 11) is 0. The molecule has 0 spiro atoms. The molecular weight excluding hydrogens is 370 g/mol. The number of amides is 1. The minimum absolute atomic E-state index is 0.383. The van der Waals surface area contributed by atoms with Crippen molar-refractivity contribution < 1.29 is 9.53 Å². The molecule has 3 rings (SSSR count). The molecule has 0 unspecified atom stereocenters. The van der Waals surface area contributed by atoms with Crippen LogP contribution in [0.3, 0.4) is 0 Å². The normalized spacial score (nSPS) is 17.7. The van der Waals surface area contributed by atoms with Crippen LogP contribution in [0.5, 0.6) is 0 Å². The zero-order chi connectivity index (χ0) is 17.4. The molecular formula is C18H24BrN3O2. The van der Waals surface area contributed by atoms with Gasteiger partial charge in [0.05, 0.1) is 11.0 Å². The number of carbonyl (C=O) groups excluding carboxylic acids is 1. The van der Waals surface area contributed by atoms with Crippen LogP contribution in [0.25, 0.3) is 11.0 Å². The van der Waals surface area contributed by atoms with Gasteiger partial charge in [0.15, 0.2) is 0 Å². The Labute approximate surface area is 150 Å². The number of H-pyrrole nitrogens is 1. The number of alkyl carbamates (subject to hydrolysis) is 1. The molecule has 0 aliphatic heterocycles. The van der Waals surface area contributed by atoms with Gasteiger partial charge in [0.2, 0.25) is 0 Å². The molecule has 0 saturated heterocycles. The number of halogens is 1. The molecule has 6 heteroatoms. The second-order valence-corrected chi connectivity index (χ2v) is 8.43. The highest BCUT2D eigenvalue weighted by Gasteiger charge is 2.39. The number of benzene rings is 1. The van der Waals surface area contributed by atoms with Gasteiger partial charge >= 0.3 is 6.09 Å². The monoisotopic (exact) mass is 393 g/mol. The Morgan fingerprint density at radius 1 is 1.29 bits per heavy atom. The van der Waals surface area contributed by atoms with Crippen LogP contribution in [0, 0.1) is 0 Å². The first-order chi connectivity index (χ1) is 11.3.